The Morgan fingerprint density at radius 2 is 1.79 bits per heavy atom. The summed E-state index contributed by atoms with van der Waals surface area (Å²) < 4.78 is 0. The number of rotatable bonds is 7. The van der Waals surface area contributed by atoms with Gasteiger partial charge in [-0.1, -0.05) is 38.5 Å². The van der Waals surface area contributed by atoms with Crippen molar-refractivity contribution in [3.8, 4) is 0 Å². The molecule has 3 N–H and O–H groups in total. The van der Waals surface area contributed by atoms with E-state index in [4.69, 9.17) is 0 Å². The molecule has 1 saturated heterocycles. The summed E-state index contributed by atoms with van der Waals surface area (Å²) in [5.74, 6) is 0. The maximum atomic E-state index is 12.2. The minimum Gasteiger partial charge on any atom is -0.390 e. The first-order chi connectivity index (χ1) is 11.6. The predicted molar refractivity (Wildman–Crippen MR) is 98.5 cm³/mol. The molecule has 2 rings (SSSR count). The van der Waals surface area contributed by atoms with Crippen molar-refractivity contribution in [1.82, 2.24) is 10.2 Å². The second-order valence-corrected chi connectivity index (χ2v) is 6.51. The Bertz CT molecular complexity index is 505. The number of aliphatic hydroxyl groups excluding tert-OH is 1. The van der Waals surface area contributed by atoms with E-state index >= 15 is 0 Å². The number of para-hydroxylation sites is 1. The summed E-state index contributed by atoms with van der Waals surface area (Å²) in [5, 5.41) is 15.9. The zero-order valence-corrected chi connectivity index (χ0v) is 15.0. The molecule has 24 heavy (non-hydrogen) atoms. The van der Waals surface area contributed by atoms with Crippen LogP contribution in [-0.2, 0) is 12.8 Å². The van der Waals surface area contributed by atoms with Gasteiger partial charge in [0.05, 0.1) is 6.10 Å². The smallest absolute Gasteiger partial charge is 0.319 e. The highest BCUT2D eigenvalue weighted by Crippen LogP contribution is 2.22. The lowest BCUT2D eigenvalue weighted by Crippen LogP contribution is -2.43. The van der Waals surface area contributed by atoms with Crippen LogP contribution in [0.4, 0.5) is 10.5 Å². The maximum absolute atomic E-state index is 12.2. The average Bonchev–Trinajstić information content (AvgIpc) is 2.61. The van der Waals surface area contributed by atoms with Crippen molar-refractivity contribution in [3.63, 3.8) is 0 Å². The van der Waals surface area contributed by atoms with Crippen molar-refractivity contribution in [2.24, 2.45) is 0 Å². The monoisotopic (exact) mass is 333 g/mol. The Morgan fingerprint density at radius 3 is 2.38 bits per heavy atom. The van der Waals surface area contributed by atoms with Crippen LogP contribution in [0.25, 0.3) is 0 Å². The van der Waals surface area contributed by atoms with E-state index in [1.807, 2.05) is 18.2 Å². The molecule has 0 unspecified atom stereocenters. The minimum atomic E-state index is -0.527. The molecule has 1 aromatic carbocycles. The van der Waals surface area contributed by atoms with Gasteiger partial charge in [0.1, 0.15) is 0 Å². The number of hydrogen-bond acceptors (Lipinski definition) is 3. The van der Waals surface area contributed by atoms with Gasteiger partial charge >= 0.3 is 6.03 Å². The summed E-state index contributed by atoms with van der Waals surface area (Å²) >= 11 is 0. The number of aryl methyl sites for hydroxylation is 2. The van der Waals surface area contributed by atoms with Crippen molar-refractivity contribution in [3.05, 3.63) is 29.3 Å². The van der Waals surface area contributed by atoms with Gasteiger partial charge in [-0.15, -0.1) is 0 Å². The van der Waals surface area contributed by atoms with Crippen LogP contribution in [0.3, 0.4) is 0 Å². The lowest BCUT2D eigenvalue weighted by Gasteiger charge is -2.28. The van der Waals surface area contributed by atoms with Crippen LogP contribution in [0.1, 0.15) is 44.2 Å². The zero-order chi connectivity index (χ0) is 17.4. The normalized spacial score (nSPS) is 16.6. The molecule has 0 aromatic heterocycles. The van der Waals surface area contributed by atoms with E-state index in [2.05, 4.69) is 29.4 Å². The Balaban J connectivity index is 1.82. The molecule has 1 aromatic rings. The van der Waals surface area contributed by atoms with E-state index in [0.29, 0.717) is 6.54 Å². The molecule has 2 amide bonds. The molecule has 0 aliphatic carbocycles. The van der Waals surface area contributed by atoms with Crippen LogP contribution in [0.2, 0.25) is 0 Å². The van der Waals surface area contributed by atoms with E-state index < -0.39 is 6.10 Å². The molecule has 0 bridgehead atoms. The van der Waals surface area contributed by atoms with Crippen molar-refractivity contribution in [2.45, 2.75) is 52.1 Å². The topological polar surface area (TPSA) is 64.6 Å². The van der Waals surface area contributed by atoms with Crippen LogP contribution in [-0.4, -0.2) is 48.3 Å². The zero-order valence-electron chi connectivity index (χ0n) is 15.0. The SMILES string of the molecule is CCc1cccc(CC)c1NC(=O)NC[C@@H](O)CN1CCCCC1. The Morgan fingerprint density at radius 1 is 1.17 bits per heavy atom. The number of urea groups is 1. The van der Waals surface area contributed by atoms with Crippen LogP contribution in [0.5, 0.6) is 0 Å². The number of likely N-dealkylation sites (tertiary alicyclic amines) is 1. The predicted octanol–water partition coefficient (Wildman–Crippen LogP) is 2.78. The Hall–Kier alpha value is -1.59. The van der Waals surface area contributed by atoms with E-state index in [1.165, 1.54) is 19.3 Å². The number of carbonyl (C=O) groups is 1. The number of hydrogen-bond donors (Lipinski definition) is 3. The number of nitrogens with one attached hydrogen (secondary N) is 2. The molecule has 0 saturated carbocycles. The Kier molecular flexibility index (Phi) is 7.53. The van der Waals surface area contributed by atoms with E-state index in [1.54, 1.807) is 0 Å². The second kappa shape index (κ2) is 9.64. The fourth-order valence-corrected chi connectivity index (χ4v) is 3.28. The van der Waals surface area contributed by atoms with Gasteiger partial charge in [-0.3, -0.25) is 0 Å². The number of benzene rings is 1. The van der Waals surface area contributed by atoms with E-state index in [0.717, 1.165) is 42.7 Å². The summed E-state index contributed by atoms with van der Waals surface area (Å²) in [6.07, 6.45) is 4.91. The highest BCUT2D eigenvalue weighted by molar-refractivity contribution is 5.91. The first-order valence-corrected chi connectivity index (χ1v) is 9.20. The first-order valence-electron chi connectivity index (χ1n) is 9.20. The molecule has 0 radical (unpaired) electrons. The summed E-state index contributed by atoms with van der Waals surface area (Å²) in [7, 11) is 0. The molecule has 1 fully saturated rings. The number of nitrogens with zero attached hydrogens (tertiary/aromatic N) is 1. The van der Waals surface area contributed by atoms with Crippen molar-refractivity contribution in [2.75, 3.05) is 31.5 Å². The van der Waals surface area contributed by atoms with Crippen LogP contribution < -0.4 is 10.6 Å². The third-order valence-corrected chi connectivity index (χ3v) is 4.65. The highest BCUT2D eigenvalue weighted by Gasteiger charge is 2.16. The lowest BCUT2D eigenvalue weighted by molar-refractivity contribution is 0.102. The van der Waals surface area contributed by atoms with Crippen LogP contribution in [0.15, 0.2) is 18.2 Å². The van der Waals surface area contributed by atoms with Gasteiger partial charge in [0.15, 0.2) is 0 Å². The number of amides is 2. The second-order valence-electron chi connectivity index (χ2n) is 6.51. The van der Waals surface area contributed by atoms with Crippen molar-refractivity contribution >= 4 is 11.7 Å². The highest BCUT2D eigenvalue weighted by atomic mass is 16.3. The average molecular weight is 333 g/mol. The van der Waals surface area contributed by atoms with Gasteiger partial charge in [0.25, 0.3) is 0 Å². The standard InChI is InChI=1S/C19H31N3O2/c1-3-15-9-8-10-16(4-2)18(15)21-19(24)20-13-17(23)14-22-11-6-5-7-12-22/h8-10,17,23H,3-7,11-14H2,1-2H3,(H2,20,21,24)/t17-/m1/s1. The quantitative estimate of drug-likeness (QED) is 0.719. The molecule has 1 aliphatic rings. The fourth-order valence-electron chi connectivity index (χ4n) is 3.28. The minimum absolute atomic E-state index is 0.247. The van der Waals surface area contributed by atoms with Crippen molar-refractivity contribution < 1.29 is 9.90 Å². The molecule has 5 nitrogen and oxygen atoms in total. The summed E-state index contributed by atoms with van der Waals surface area (Å²) in [6.45, 7) is 7.17. The van der Waals surface area contributed by atoms with Gasteiger partial charge < -0.3 is 20.6 Å². The third kappa shape index (κ3) is 5.49. The summed E-state index contributed by atoms with van der Waals surface area (Å²) in [5.41, 5.74) is 3.18. The lowest BCUT2D eigenvalue weighted by atomic mass is 10.0. The van der Waals surface area contributed by atoms with E-state index in [-0.39, 0.29) is 12.6 Å². The van der Waals surface area contributed by atoms with Gasteiger partial charge in [0, 0.05) is 18.8 Å². The largest absolute Gasteiger partial charge is 0.390 e. The Labute approximate surface area is 145 Å². The molecule has 1 heterocycles. The molecule has 134 valence electrons. The van der Waals surface area contributed by atoms with Gasteiger partial charge in [0.2, 0.25) is 0 Å². The van der Waals surface area contributed by atoms with Crippen LogP contribution in [0, 0.1) is 0 Å². The van der Waals surface area contributed by atoms with Gasteiger partial charge in [-0.2, -0.15) is 0 Å². The van der Waals surface area contributed by atoms with Gasteiger partial charge in [-0.25, -0.2) is 4.79 Å². The maximum Gasteiger partial charge on any atom is 0.319 e. The number of piperidine rings is 1. The van der Waals surface area contributed by atoms with E-state index in [9.17, 15) is 9.90 Å². The molecule has 1 aliphatic heterocycles. The molecule has 1 atom stereocenters. The number of aliphatic hydroxyl groups is 1. The number of anilines is 1. The summed E-state index contributed by atoms with van der Waals surface area (Å²) in [4.78, 5) is 14.5. The summed E-state index contributed by atoms with van der Waals surface area (Å²) in [6, 6.07) is 5.87. The molecule has 5 heteroatoms. The molecule has 0 spiro atoms. The molecular weight excluding hydrogens is 302 g/mol. The third-order valence-electron chi connectivity index (χ3n) is 4.65. The van der Waals surface area contributed by atoms with Gasteiger partial charge in [-0.05, 0) is 49.9 Å². The fraction of sp³-hybridized carbons (Fsp3) is 0.632. The number of β-amino-alcohol motifs (C(OH)–C–C–N with tert-alkyl or cyclic N) is 1. The first kappa shape index (κ1) is 18.7. The number of carbonyl (C=O) groups excluding carboxylic acids is 1. The van der Waals surface area contributed by atoms with Crippen molar-refractivity contribution in [1.29, 1.82) is 0 Å². The van der Waals surface area contributed by atoms with Crippen LogP contribution >= 0.6 is 0 Å². The molecular formula is C19H31N3O2.